The molecule has 0 radical (unpaired) electrons. The molecule has 0 aromatic heterocycles. The molecule has 3 heterocycles. The Labute approximate surface area is 594 Å². The Kier molecular flexibility index (Phi) is 24.9. The fourth-order valence-electron chi connectivity index (χ4n) is 11.5. The van der Waals surface area contributed by atoms with Crippen LogP contribution in [0.3, 0.4) is 0 Å². The lowest BCUT2D eigenvalue weighted by Crippen LogP contribution is -2.67. The van der Waals surface area contributed by atoms with Gasteiger partial charge >= 0.3 is 59.7 Å². The molecule has 104 heavy (non-hydrogen) atoms. The largest absolute Gasteiger partial charge is 0.459 e. The molecule has 8 aromatic carbocycles. The molecular weight excluding hydrogens is 1350 g/mol. The van der Waals surface area contributed by atoms with Crippen LogP contribution in [-0.2, 0) is 80.6 Å². The summed E-state index contributed by atoms with van der Waals surface area (Å²) in [5.74, 6) is -10.3. The van der Waals surface area contributed by atoms with Gasteiger partial charge in [-0.05, 0) is 97.1 Å². The summed E-state index contributed by atoms with van der Waals surface area (Å²) in [5, 5.41) is 12.3. The second-order valence-electron chi connectivity index (χ2n) is 23.6. The quantitative estimate of drug-likeness (QED) is 0.0414. The number of ether oxygens (including phenoxy) is 15. The van der Waals surface area contributed by atoms with Crippen molar-refractivity contribution in [2.24, 2.45) is 0 Å². The van der Waals surface area contributed by atoms with Gasteiger partial charge in [0.05, 0.1) is 51.1 Å². The molecule has 26 heteroatoms. The summed E-state index contributed by atoms with van der Waals surface area (Å²) in [6, 6.07) is 60.5. The Hall–Kier alpha value is -11.8. The van der Waals surface area contributed by atoms with Gasteiger partial charge in [-0.25, -0.2) is 38.4 Å². The van der Waals surface area contributed by atoms with E-state index in [1.807, 2.05) is 0 Å². The minimum atomic E-state index is -2.32. The van der Waals surface area contributed by atoms with E-state index in [9.17, 15) is 53.1 Å². The summed E-state index contributed by atoms with van der Waals surface area (Å²) in [5.41, 5.74) is -0.105. The van der Waals surface area contributed by atoms with Crippen molar-refractivity contribution in [2.45, 2.75) is 106 Å². The van der Waals surface area contributed by atoms with Crippen LogP contribution in [0.25, 0.3) is 0 Å². The maximum Gasteiger partial charge on any atom is 0.338 e. The second kappa shape index (κ2) is 35.2. The number of esters is 10. The highest BCUT2D eigenvalue weighted by molar-refractivity contribution is 5.94. The number of hydrogen-bond donors (Lipinski definition) is 1. The number of carbonyl (C=O) groups is 10. The third-order valence-corrected chi connectivity index (χ3v) is 16.4. The van der Waals surface area contributed by atoms with E-state index in [0.717, 1.165) is 13.8 Å². The highest BCUT2D eigenvalue weighted by Gasteiger charge is 2.59. The smallest absolute Gasteiger partial charge is 0.338 e. The van der Waals surface area contributed by atoms with Crippen LogP contribution in [0.4, 0.5) is 0 Å². The zero-order chi connectivity index (χ0) is 73.1. The molecule has 26 nitrogen and oxygen atoms in total. The monoisotopic (exact) mass is 1420 g/mol. The van der Waals surface area contributed by atoms with E-state index < -0.39 is 172 Å². The second-order valence-corrected chi connectivity index (χ2v) is 23.6. The van der Waals surface area contributed by atoms with Gasteiger partial charge in [-0.2, -0.15) is 0 Å². The summed E-state index contributed by atoms with van der Waals surface area (Å²) >= 11 is 0. The van der Waals surface area contributed by atoms with Gasteiger partial charge < -0.3 is 76.2 Å². The topological polar surface area (TPSA) is 329 Å². The minimum absolute atomic E-state index is 0.00145. The molecule has 0 amide bonds. The van der Waals surface area contributed by atoms with Gasteiger partial charge in [0, 0.05) is 13.8 Å². The maximum atomic E-state index is 14.7. The lowest BCUT2D eigenvalue weighted by Gasteiger charge is -2.48. The van der Waals surface area contributed by atoms with Crippen LogP contribution in [0.2, 0.25) is 0 Å². The van der Waals surface area contributed by atoms with Gasteiger partial charge in [-0.1, -0.05) is 146 Å². The first-order valence-corrected chi connectivity index (χ1v) is 32.7. The number of aliphatic hydroxyl groups is 1. The van der Waals surface area contributed by atoms with Gasteiger partial charge in [-0.3, -0.25) is 9.59 Å². The Bertz CT molecular complexity index is 4230. The molecule has 3 aliphatic heterocycles. The van der Waals surface area contributed by atoms with Crippen LogP contribution in [0.1, 0.15) is 96.7 Å². The summed E-state index contributed by atoms with van der Waals surface area (Å²) < 4.78 is 93.6. The van der Waals surface area contributed by atoms with Crippen molar-refractivity contribution in [2.75, 3.05) is 19.8 Å². The van der Waals surface area contributed by atoms with Crippen LogP contribution in [-0.4, -0.2) is 177 Å². The maximum absolute atomic E-state index is 14.7. The average Bonchev–Trinajstić information content (AvgIpc) is 0.769. The molecule has 0 aliphatic carbocycles. The van der Waals surface area contributed by atoms with Crippen molar-refractivity contribution in [3.05, 3.63) is 287 Å². The van der Waals surface area contributed by atoms with Crippen LogP contribution in [0, 0.1) is 0 Å². The van der Waals surface area contributed by atoms with Gasteiger partial charge in [-0.15, -0.1) is 0 Å². The zero-order valence-corrected chi connectivity index (χ0v) is 55.5. The number of hydrogen-bond acceptors (Lipinski definition) is 26. The molecule has 0 spiro atoms. The number of benzene rings is 8. The number of carbonyl (C=O) groups excluding carboxylic acids is 10. The van der Waals surface area contributed by atoms with E-state index in [1.54, 1.807) is 109 Å². The molecule has 11 rings (SSSR count). The fourth-order valence-corrected chi connectivity index (χ4v) is 11.5. The molecule has 3 fully saturated rings. The van der Waals surface area contributed by atoms with Gasteiger partial charge in [0.1, 0.15) is 37.6 Å². The highest BCUT2D eigenvalue weighted by atomic mass is 16.8. The molecule has 3 aliphatic rings. The Morgan fingerprint density at radius 2 is 0.510 bits per heavy atom. The molecule has 0 saturated carbocycles. The summed E-state index contributed by atoms with van der Waals surface area (Å²) in [6.07, 6.45) is -30.0. The molecular formula is C78H68O26. The predicted molar refractivity (Wildman–Crippen MR) is 357 cm³/mol. The molecule has 15 unspecified atom stereocenters. The molecule has 1 N–H and O–H groups in total. The first-order valence-electron chi connectivity index (χ1n) is 32.7. The van der Waals surface area contributed by atoms with Crippen molar-refractivity contribution < 1.29 is 124 Å². The lowest BCUT2D eigenvalue weighted by molar-refractivity contribution is -0.361. The molecule has 3 saturated heterocycles. The van der Waals surface area contributed by atoms with Crippen molar-refractivity contribution in [3.63, 3.8) is 0 Å². The lowest BCUT2D eigenvalue weighted by atomic mass is 9.95. The van der Waals surface area contributed by atoms with Crippen LogP contribution >= 0.6 is 0 Å². The minimum Gasteiger partial charge on any atom is -0.459 e. The van der Waals surface area contributed by atoms with Gasteiger partial charge in [0.25, 0.3) is 0 Å². The normalized spacial score (nSPS) is 24.1. The van der Waals surface area contributed by atoms with Crippen molar-refractivity contribution in [1.29, 1.82) is 0 Å². The van der Waals surface area contributed by atoms with Crippen molar-refractivity contribution in [1.82, 2.24) is 0 Å². The van der Waals surface area contributed by atoms with E-state index in [-0.39, 0.29) is 44.5 Å². The summed E-state index contributed by atoms with van der Waals surface area (Å²) in [4.78, 5) is 142. The van der Waals surface area contributed by atoms with E-state index in [0.29, 0.717) is 0 Å². The molecule has 536 valence electrons. The van der Waals surface area contributed by atoms with Crippen LogP contribution in [0.15, 0.2) is 243 Å². The van der Waals surface area contributed by atoms with Gasteiger partial charge in [0.15, 0.2) is 67.7 Å². The van der Waals surface area contributed by atoms with Crippen LogP contribution < -0.4 is 0 Å². The SMILES string of the molecule is CC(=O)OC1C(O)OC(COC2OC(COC(=O)c3ccccc3)C(OC(=O)c3ccccc3)C(OC(=O)c3ccccc3)C2OC(=O)c2ccccc2)C(OC(C)=O)C1OC1OC(COC(=O)c2ccccc2)C(OC(=O)c2ccccc2)C(OC(=O)c2ccccc2)C1OC(=O)c1ccccc1. The number of rotatable bonds is 25. The molecule has 15 atom stereocenters. The first kappa shape index (κ1) is 73.4. The summed E-state index contributed by atoms with van der Waals surface area (Å²) in [7, 11) is 0. The fraction of sp³-hybridized carbons (Fsp3) is 0.256. The Morgan fingerprint density at radius 3 is 0.817 bits per heavy atom. The van der Waals surface area contributed by atoms with E-state index in [1.165, 1.54) is 133 Å². The van der Waals surface area contributed by atoms with Crippen LogP contribution in [0.5, 0.6) is 0 Å². The first-order chi connectivity index (χ1) is 50.5. The zero-order valence-electron chi connectivity index (χ0n) is 55.5. The summed E-state index contributed by atoms with van der Waals surface area (Å²) in [6.45, 7) is -0.673. The van der Waals surface area contributed by atoms with E-state index in [4.69, 9.17) is 71.1 Å². The Morgan fingerprint density at radius 1 is 0.269 bits per heavy atom. The standard InChI is InChI=1S/C78H68O26/c1-46(79)93-59-56(45-92-77-66(102-74(87)54-39-23-9-24-40-54)63(100-72(85)52-35-19-7-20-36-52)60(98-70(83)50-31-15-5-16-32-50)57(96-77)43-90-68(81)48-27-11-3-12-28-48)95-76(89)65(94-47(2)80)62(59)104-78-67(103-75(88)55-41-25-10-26-42-55)64(101-73(86)53-37-21-8-22-38-53)61(99-71(84)51-33-17-6-18-34-51)58(97-78)44-91-69(82)49-29-13-4-14-30-49/h3-42,56-67,76-78,89H,43-45H2,1-2H3. The molecule has 0 bridgehead atoms. The van der Waals surface area contributed by atoms with E-state index in [2.05, 4.69) is 0 Å². The molecule has 8 aromatic rings. The Balaban J connectivity index is 1.01. The third kappa shape index (κ3) is 18.8. The average molecular weight is 1420 g/mol. The van der Waals surface area contributed by atoms with Crippen molar-refractivity contribution in [3.8, 4) is 0 Å². The number of aliphatic hydroxyl groups excluding tert-OH is 1. The highest BCUT2D eigenvalue weighted by Crippen LogP contribution is 2.38. The van der Waals surface area contributed by atoms with E-state index >= 15 is 0 Å². The van der Waals surface area contributed by atoms with Gasteiger partial charge in [0.2, 0.25) is 0 Å². The predicted octanol–water partition coefficient (Wildman–Crippen LogP) is 8.49. The third-order valence-electron chi connectivity index (χ3n) is 16.4. The van der Waals surface area contributed by atoms with Crippen molar-refractivity contribution >= 4 is 59.7 Å².